The second-order valence-corrected chi connectivity index (χ2v) is 7.35. The molecule has 8 nitrogen and oxygen atoms in total. The Morgan fingerprint density at radius 3 is 2.54 bits per heavy atom. The van der Waals surface area contributed by atoms with Crippen molar-refractivity contribution in [2.24, 2.45) is 4.99 Å². The predicted octanol–water partition coefficient (Wildman–Crippen LogP) is 1.92. The Hall–Kier alpha value is -1.67. The zero-order valence-electron chi connectivity index (χ0n) is 18.7. The molecule has 1 heterocycles. The maximum absolute atomic E-state index is 5.40. The fourth-order valence-corrected chi connectivity index (χ4v) is 3.13. The molecule has 0 unspecified atom stereocenters. The van der Waals surface area contributed by atoms with E-state index in [2.05, 4.69) is 64.9 Å². The fourth-order valence-electron chi connectivity index (χ4n) is 3.13. The summed E-state index contributed by atoms with van der Waals surface area (Å²) in [5.74, 6) is 1.87. The summed E-state index contributed by atoms with van der Waals surface area (Å²) in [7, 11) is 0. The van der Waals surface area contributed by atoms with E-state index in [1.54, 1.807) is 6.33 Å². The molecule has 0 spiro atoms. The van der Waals surface area contributed by atoms with E-state index in [0.717, 1.165) is 70.6 Å². The van der Waals surface area contributed by atoms with Crippen molar-refractivity contribution in [3.63, 3.8) is 0 Å². The van der Waals surface area contributed by atoms with Gasteiger partial charge in [-0.25, -0.2) is 0 Å². The summed E-state index contributed by atoms with van der Waals surface area (Å²) >= 11 is 0. The van der Waals surface area contributed by atoms with Gasteiger partial charge in [-0.1, -0.05) is 6.92 Å². The number of nitrogens with one attached hydrogen (secondary N) is 2. The highest BCUT2D eigenvalue weighted by Crippen LogP contribution is 2.03. The molecular weight excluding hydrogens is 354 g/mol. The number of aromatic nitrogens is 3. The molecule has 0 atom stereocenters. The lowest BCUT2D eigenvalue weighted by molar-refractivity contribution is 0.146. The Bertz CT molecular complexity index is 534. The third-order valence-corrected chi connectivity index (χ3v) is 4.57. The molecule has 0 radical (unpaired) electrons. The Labute approximate surface area is 171 Å². The summed E-state index contributed by atoms with van der Waals surface area (Å²) in [5.41, 5.74) is 0. The first-order valence-corrected chi connectivity index (χ1v) is 10.7. The van der Waals surface area contributed by atoms with E-state index < -0.39 is 0 Å². The molecule has 1 aromatic rings. The number of ether oxygens (including phenoxy) is 1. The summed E-state index contributed by atoms with van der Waals surface area (Å²) in [6.45, 7) is 18.8. The van der Waals surface area contributed by atoms with Gasteiger partial charge < -0.3 is 19.9 Å². The normalized spacial score (nSPS) is 12.4. The van der Waals surface area contributed by atoms with Gasteiger partial charge in [0, 0.05) is 64.4 Å². The Morgan fingerprint density at radius 2 is 1.89 bits per heavy atom. The first-order chi connectivity index (χ1) is 13.5. The summed E-state index contributed by atoms with van der Waals surface area (Å²) in [4.78, 5) is 7.18. The van der Waals surface area contributed by atoms with Crippen LogP contribution < -0.4 is 10.6 Å². The molecule has 162 valence electrons. The van der Waals surface area contributed by atoms with E-state index >= 15 is 0 Å². The fraction of sp³-hybridized carbons (Fsp3) is 0.850. The van der Waals surface area contributed by atoms with Gasteiger partial charge in [-0.3, -0.25) is 9.89 Å². The Kier molecular flexibility index (Phi) is 12.5. The molecule has 0 aliphatic rings. The zero-order valence-corrected chi connectivity index (χ0v) is 18.7. The van der Waals surface area contributed by atoms with Crippen LogP contribution in [0.4, 0.5) is 0 Å². The van der Waals surface area contributed by atoms with Crippen LogP contribution >= 0.6 is 0 Å². The van der Waals surface area contributed by atoms with Gasteiger partial charge in [0.2, 0.25) is 0 Å². The van der Waals surface area contributed by atoms with Crippen molar-refractivity contribution in [2.75, 3.05) is 39.4 Å². The second-order valence-electron chi connectivity index (χ2n) is 7.35. The Balaban J connectivity index is 2.51. The number of guanidine groups is 1. The molecular formula is C20H41N7O. The summed E-state index contributed by atoms with van der Waals surface area (Å²) < 4.78 is 7.48. The van der Waals surface area contributed by atoms with Gasteiger partial charge in [0.25, 0.3) is 0 Å². The van der Waals surface area contributed by atoms with E-state index in [9.17, 15) is 0 Å². The molecule has 0 aromatic carbocycles. The van der Waals surface area contributed by atoms with E-state index in [4.69, 9.17) is 9.73 Å². The van der Waals surface area contributed by atoms with Crippen molar-refractivity contribution >= 4 is 5.96 Å². The van der Waals surface area contributed by atoms with E-state index in [-0.39, 0.29) is 0 Å². The minimum Gasteiger partial charge on any atom is -0.382 e. The maximum Gasteiger partial charge on any atom is 0.191 e. The first kappa shape index (κ1) is 24.4. The zero-order chi connectivity index (χ0) is 20.8. The van der Waals surface area contributed by atoms with Crippen LogP contribution in [0.3, 0.4) is 0 Å². The molecule has 0 amide bonds. The van der Waals surface area contributed by atoms with Gasteiger partial charge in [-0.2, -0.15) is 0 Å². The molecule has 2 N–H and O–H groups in total. The van der Waals surface area contributed by atoms with Gasteiger partial charge in [-0.05, 0) is 41.0 Å². The van der Waals surface area contributed by atoms with E-state index in [0.29, 0.717) is 12.1 Å². The van der Waals surface area contributed by atoms with Crippen LogP contribution in [0.2, 0.25) is 0 Å². The van der Waals surface area contributed by atoms with Crippen LogP contribution in [-0.2, 0) is 17.7 Å². The molecule has 0 fully saturated rings. The largest absolute Gasteiger partial charge is 0.382 e. The molecule has 28 heavy (non-hydrogen) atoms. The first-order valence-electron chi connectivity index (χ1n) is 10.7. The number of hydrogen-bond donors (Lipinski definition) is 2. The van der Waals surface area contributed by atoms with Gasteiger partial charge in [0.05, 0.1) is 0 Å². The molecule has 0 bridgehead atoms. The number of rotatable bonds is 14. The predicted molar refractivity (Wildman–Crippen MR) is 116 cm³/mol. The molecule has 0 aliphatic heterocycles. The molecule has 1 aromatic heterocycles. The van der Waals surface area contributed by atoms with Gasteiger partial charge >= 0.3 is 0 Å². The van der Waals surface area contributed by atoms with Crippen molar-refractivity contribution in [1.82, 2.24) is 30.3 Å². The summed E-state index contributed by atoms with van der Waals surface area (Å²) in [6, 6.07) is 1.06. The quantitative estimate of drug-likeness (QED) is 0.285. The van der Waals surface area contributed by atoms with Crippen molar-refractivity contribution in [3.8, 4) is 0 Å². The summed E-state index contributed by atoms with van der Waals surface area (Å²) in [5, 5.41) is 15.0. The van der Waals surface area contributed by atoms with Crippen LogP contribution in [0.25, 0.3) is 0 Å². The lowest BCUT2D eigenvalue weighted by atomic mass is 10.2. The number of aryl methyl sites for hydroxylation is 1. The lowest BCUT2D eigenvalue weighted by Gasteiger charge is -2.30. The molecule has 8 heteroatoms. The van der Waals surface area contributed by atoms with Gasteiger partial charge in [-0.15, -0.1) is 10.2 Å². The minimum atomic E-state index is 0.530. The number of nitrogens with zero attached hydrogens (tertiary/aromatic N) is 5. The monoisotopic (exact) mass is 395 g/mol. The highest BCUT2D eigenvalue weighted by molar-refractivity contribution is 5.79. The van der Waals surface area contributed by atoms with Crippen LogP contribution in [0.1, 0.15) is 53.8 Å². The summed E-state index contributed by atoms with van der Waals surface area (Å²) in [6.07, 6.45) is 3.60. The number of hydrogen-bond acceptors (Lipinski definition) is 5. The average molecular weight is 396 g/mol. The number of aliphatic imine (C=N–C) groups is 1. The molecule has 1 rings (SSSR count). The lowest BCUT2D eigenvalue weighted by Crippen LogP contribution is -2.46. The standard InChI is InChI=1S/C20H41N7O/c1-7-19-25-24-16-26(19)13-11-22-20(21-10-9-15-28-8-2)23-12-14-27(17(3)4)18(5)6/h16-18H,7-15H2,1-6H3,(H2,21,22,23). The SMILES string of the molecule is CCOCCCN=C(NCCN(C(C)C)C(C)C)NCCn1cnnc1CC. The van der Waals surface area contributed by atoms with Crippen molar-refractivity contribution in [1.29, 1.82) is 0 Å². The molecule has 0 aliphatic carbocycles. The van der Waals surface area contributed by atoms with Gasteiger partial charge in [0.15, 0.2) is 5.96 Å². The van der Waals surface area contributed by atoms with Crippen molar-refractivity contribution < 1.29 is 4.74 Å². The van der Waals surface area contributed by atoms with Crippen LogP contribution in [0.5, 0.6) is 0 Å². The average Bonchev–Trinajstić information content (AvgIpc) is 3.11. The minimum absolute atomic E-state index is 0.530. The highest BCUT2D eigenvalue weighted by Gasteiger charge is 2.12. The van der Waals surface area contributed by atoms with Crippen LogP contribution in [-0.4, -0.2) is 77.1 Å². The van der Waals surface area contributed by atoms with Gasteiger partial charge in [0.1, 0.15) is 12.2 Å². The molecule has 0 saturated carbocycles. The topological polar surface area (TPSA) is 79.6 Å². The van der Waals surface area contributed by atoms with Crippen LogP contribution in [0.15, 0.2) is 11.3 Å². The second kappa shape index (κ2) is 14.3. The van der Waals surface area contributed by atoms with Crippen molar-refractivity contribution in [2.45, 2.75) is 73.0 Å². The van der Waals surface area contributed by atoms with Crippen LogP contribution in [0, 0.1) is 0 Å². The van der Waals surface area contributed by atoms with E-state index in [1.807, 2.05) is 6.92 Å². The third-order valence-electron chi connectivity index (χ3n) is 4.57. The molecule has 0 saturated heterocycles. The Morgan fingerprint density at radius 1 is 1.18 bits per heavy atom. The smallest absolute Gasteiger partial charge is 0.191 e. The van der Waals surface area contributed by atoms with E-state index in [1.165, 1.54) is 0 Å². The maximum atomic E-state index is 5.40. The highest BCUT2D eigenvalue weighted by atomic mass is 16.5. The van der Waals surface area contributed by atoms with Crippen molar-refractivity contribution in [3.05, 3.63) is 12.2 Å². The third kappa shape index (κ3) is 9.50.